The number of nitriles is 1. The van der Waals surface area contributed by atoms with Crippen molar-refractivity contribution in [2.75, 3.05) is 46.4 Å². The Hall–Kier alpha value is -7.14. The molecule has 10 N–H and O–H groups in total. The lowest BCUT2D eigenvalue weighted by Crippen LogP contribution is -2.56. The van der Waals surface area contributed by atoms with Crippen LogP contribution in [0.15, 0.2) is 60.7 Å². The van der Waals surface area contributed by atoms with E-state index in [1.807, 2.05) is 30.3 Å². The predicted octanol–water partition coefficient (Wildman–Crippen LogP) is 2.65. The Morgan fingerprint density at radius 2 is 1.54 bits per heavy atom. The van der Waals surface area contributed by atoms with Crippen LogP contribution in [-0.2, 0) is 25.6 Å². The van der Waals surface area contributed by atoms with Gasteiger partial charge in [0.1, 0.15) is 66.8 Å². The van der Waals surface area contributed by atoms with Crippen molar-refractivity contribution >= 4 is 29.5 Å². The molecule has 19 nitrogen and oxygen atoms in total. The molecule has 4 aromatic rings. The Labute approximate surface area is 402 Å². The van der Waals surface area contributed by atoms with Gasteiger partial charge in [0, 0.05) is 43.2 Å². The molecule has 19 heteroatoms. The molecule has 3 aromatic carbocycles. The van der Waals surface area contributed by atoms with E-state index in [1.54, 1.807) is 50.2 Å². The highest BCUT2D eigenvalue weighted by atomic mass is 16.5. The number of rotatable bonds is 19. The summed E-state index contributed by atoms with van der Waals surface area (Å²) >= 11 is 0. The van der Waals surface area contributed by atoms with Crippen molar-refractivity contribution in [1.29, 1.82) is 5.26 Å². The van der Waals surface area contributed by atoms with Crippen molar-refractivity contribution in [3.05, 3.63) is 88.7 Å². The van der Waals surface area contributed by atoms with Crippen LogP contribution in [-0.4, -0.2) is 115 Å². The minimum absolute atomic E-state index is 0.000688. The first-order chi connectivity index (χ1) is 33.2. The molecular formula is C50H63N11O8. The molecule has 1 unspecified atom stereocenters. The Morgan fingerprint density at radius 1 is 0.899 bits per heavy atom. The number of likely N-dealkylation sites (N-methyl/N-ethyl adjacent to an activating group) is 1. The highest BCUT2D eigenvalue weighted by Crippen LogP contribution is 2.44. The normalized spacial score (nSPS) is 17.7. The van der Waals surface area contributed by atoms with Crippen LogP contribution >= 0.6 is 0 Å². The van der Waals surface area contributed by atoms with Gasteiger partial charge in [0.2, 0.25) is 23.6 Å². The first kappa shape index (κ1) is 51.3. The van der Waals surface area contributed by atoms with Gasteiger partial charge in [-0.05, 0) is 113 Å². The van der Waals surface area contributed by atoms with E-state index in [2.05, 4.69) is 38.2 Å². The minimum Gasteiger partial charge on any atom is -0.492 e. The highest BCUT2D eigenvalue weighted by molar-refractivity contribution is 6.00. The molecule has 1 fully saturated rings. The van der Waals surface area contributed by atoms with Gasteiger partial charge in [-0.15, -0.1) is 0 Å². The number of carbonyl (C=O) groups excluding carboxylic acids is 5. The fraction of sp³-hybridized carbons (Fsp3) is 0.440. The van der Waals surface area contributed by atoms with Crippen LogP contribution in [0, 0.1) is 25.2 Å². The summed E-state index contributed by atoms with van der Waals surface area (Å²) in [5, 5.41) is 20.0. The lowest BCUT2D eigenvalue weighted by Gasteiger charge is -2.32. The average molecular weight is 946 g/mol. The summed E-state index contributed by atoms with van der Waals surface area (Å²) in [6, 6.07) is 14.6. The van der Waals surface area contributed by atoms with Gasteiger partial charge in [-0.1, -0.05) is 25.5 Å². The molecule has 2 heterocycles. The fourth-order valence-electron chi connectivity index (χ4n) is 8.45. The molecule has 4 atom stereocenters. The van der Waals surface area contributed by atoms with Gasteiger partial charge >= 0.3 is 0 Å². The summed E-state index contributed by atoms with van der Waals surface area (Å²) in [7, 11) is 1.42. The topological polar surface area (TPSA) is 292 Å². The Balaban J connectivity index is 1.35. The molecule has 0 radical (unpaired) electrons. The van der Waals surface area contributed by atoms with Crippen molar-refractivity contribution in [3.8, 4) is 45.8 Å². The third-order valence-corrected chi connectivity index (χ3v) is 12.1. The first-order valence-corrected chi connectivity index (χ1v) is 23.3. The van der Waals surface area contributed by atoms with Crippen LogP contribution in [0.5, 0.6) is 17.2 Å². The second-order valence-electron chi connectivity index (χ2n) is 17.3. The number of carbonyl (C=O) groups is 5. The number of nitrogens with two attached hydrogens (primary N) is 3. The van der Waals surface area contributed by atoms with Gasteiger partial charge in [-0.2, -0.15) is 5.26 Å². The zero-order chi connectivity index (χ0) is 49.8. The molecule has 1 aliphatic heterocycles. The largest absolute Gasteiger partial charge is 0.492 e. The molecule has 366 valence electrons. The maximum atomic E-state index is 14.8. The third-order valence-electron chi connectivity index (χ3n) is 12.1. The molecule has 0 saturated heterocycles. The second-order valence-corrected chi connectivity index (χ2v) is 17.3. The van der Waals surface area contributed by atoms with Crippen molar-refractivity contribution in [1.82, 2.24) is 36.1 Å². The van der Waals surface area contributed by atoms with Crippen molar-refractivity contribution in [2.24, 2.45) is 17.2 Å². The van der Waals surface area contributed by atoms with Crippen LogP contribution in [0.4, 0.5) is 0 Å². The molecule has 0 spiro atoms. The first-order valence-electron chi connectivity index (χ1n) is 23.3. The van der Waals surface area contributed by atoms with Crippen LogP contribution in [0.3, 0.4) is 0 Å². The number of benzene rings is 3. The SMILES string of the molecule is CCCC1(Oc2ccc(-c3nc(C)c(C(=O)NC(CCN)C(=O)N(C)[C@@H]4C(=O)N[C@@H](C)C(=O)N[C@H](C(=O)NCC#N)Cc5ccc(OCCN)c(c5)-c5cc4ccc5OCCN)c(C)n3)cc2)CC1. The number of hydrogen-bond acceptors (Lipinski definition) is 14. The summed E-state index contributed by atoms with van der Waals surface area (Å²) < 4.78 is 18.5. The summed E-state index contributed by atoms with van der Waals surface area (Å²) in [5.74, 6) is -1.41. The standard InChI is InChI=1S/C50H63N11O8/c1-6-16-50(17-18-50)69-35-11-8-33(9-12-35)44-56-29(2)42(30(3)57-44)47(64)59-38(15-19-51)49(66)61(5)43-34-10-14-41(68-25-22-54)37(28-34)36-26-32(7-13-40(36)67-24-21-53)27-39(46(63)55-23-20-52)60-45(62)31(4)58-48(43)65/h7-14,26,28,31,38-39,43H,6,15-19,21-25,27,51,53-54H2,1-5H3,(H,55,63)(H,58,65)(H,59,64)(H,60,62)/t31-,38?,39-,43-/m0/s1. The van der Waals surface area contributed by atoms with Crippen molar-refractivity contribution < 1.29 is 38.2 Å². The summed E-state index contributed by atoms with van der Waals surface area (Å²) in [5.41, 5.74) is 21.2. The minimum atomic E-state index is -1.41. The summed E-state index contributed by atoms with van der Waals surface area (Å²) in [4.78, 5) is 81.3. The van der Waals surface area contributed by atoms with E-state index in [0.717, 1.165) is 37.0 Å². The molecule has 1 aromatic heterocycles. The van der Waals surface area contributed by atoms with Gasteiger partial charge in [0.15, 0.2) is 5.82 Å². The average Bonchev–Trinajstić information content (AvgIpc) is 4.09. The monoisotopic (exact) mass is 945 g/mol. The Kier molecular flexibility index (Phi) is 17.3. The van der Waals surface area contributed by atoms with E-state index in [0.29, 0.717) is 51.0 Å². The Bertz CT molecular complexity index is 2540. The molecule has 4 bridgehead atoms. The molecule has 69 heavy (non-hydrogen) atoms. The highest BCUT2D eigenvalue weighted by Gasteiger charge is 2.44. The van der Waals surface area contributed by atoms with Gasteiger partial charge in [-0.25, -0.2) is 9.97 Å². The van der Waals surface area contributed by atoms with E-state index in [4.69, 9.17) is 31.4 Å². The summed E-state index contributed by atoms with van der Waals surface area (Å²) in [6.45, 7) is 7.32. The van der Waals surface area contributed by atoms with Crippen LogP contribution in [0.1, 0.15) is 84.9 Å². The van der Waals surface area contributed by atoms with E-state index in [1.165, 1.54) is 18.9 Å². The Morgan fingerprint density at radius 3 is 2.13 bits per heavy atom. The van der Waals surface area contributed by atoms with Crippen LogP contribution < -0.4 is 52.7 Å². The molecule has 2 aliphatic rings. The van der Waals surface area contributed by atoms with E-state index < -0.39 is 53.7 Å². The predicted molar refractivity (Wildman–Crippen MR) is 258 cm³/mol. The van der Waals surface area contributed by atoms with Crippen molar-refractivity contribution in [3.63, 3.8) is 0 Å². The fourth-order valence-corrected chi connectivity index (χ4v) is 8.45. The number of nitrogens with zero attached hydrogens (tertiary/aromatic N) is 4. The summed E-state index contributed by atoms with van der Waals surface area (Å²) in [6.07, 6.45) is 4.12. The number of aryl methyl sites for hydroxylation is 2. The second kappa shape index (κ2) is 23.2. The van der Waals surface area contributed by atoms with E-state index >= 15 is 0 Å². The lowest BCUT2D eigenvalue weighted by atomic mass is 9.93. The van der Waals surface area contributed by atoms with E-state index in [-0.39, 0.29) is 63.4 Å². The van der Waals surface area contributed by atoms with Gasteiger partial charge in [-0.3, -0.25) is 24.0 Å². The number of ether oxygens (including phenoxy) is 3. The molecule has 6 rings (SSSR count). The number of hydrogen-bond donors (Lipinski definition) is 7. The van der Waals surface area contributed by atoms with E-state index in [9.17, 15) is 29.2 Å². The number of nitrogens with one attached hydrogen (secondary N) is 4. The number of amides is 5. The maximum absolute atomic E-state index is 14.8. The smallest absolute Gasteiger partial charge is 0.255 e. The van der Waals surface area contributed by atoms with Crippen LogP contribution in [0.2, 0.25) is 0 Å². The molecular weight excluding hydrogens is 883 g/mol. The lowest BCUT2D eigenvalue weighted by molar-refractivity contribution is -0.141. The van der Waals surface area contributed by atoms with Gasteiger partial charge in [0.05, 0.1) is 23.0 Å². The quantitative estimate of drug-likeness (QED) is 0.0666. The zero-order valence-electron chi connectivity index (χ0n) is 39.9. The zero-order valence-corrected chi connectivity index (χ0v) is 39.9. The third kappa shape index (κ3) is 12.5. The number of aromatic nitrogens is 2. The van der Waals surface area contributed by atoms with Crippen LogP contribution in [0.25, 0.3) is 22.5 Å². The van der Waals surface area contributed by atoms with Gasteiger partial charge < -0.3 is 57.6 Å². The number of fused-ring (bicyclic) bond motifs is 5. The molecule has 5 amide bonds. The molecule has 1 saturated carbocycles. The van der Waals surface area contributed by atoms with Crippen molar-refractivity contribution in [2.45, 2.75) is 96.0 Å². The van der Waals surface area contributed by atoms with Gasteiger partial charge in [0.25, 0.3) is 5.91 Å². The molecule has 1 aliphatic carbocycles. The maximum Gasteiger partial charge on any atom is 0.255 e.